The summed E-state index contributed by atoms with van der Waals surface area (Å²) >= 11 is 0. The summed E-state index contributed by atoms with van der Waals surface area (Å²) in [5.74, 6) is 2.26. The van der Waals surface area contributed by atoms with Crippen LogP contribution in [0.25, 0.3) is 0 Å². The van der Waals surface area contributed by atoms with Gasteiger partial charge in [0, 0.05) is 6.42 Å². The largest absolute Gasteiger partial charge is 0.497 e. The van der Waals surface area contributed by atoms with Gasteiger partial charge >= 0.3 is 0 Å². The first-order chi connectivity index (χ1) is 14.7. The molecule has 0 saturated heterocycles. The number of ether oxygens (including phenoxy) is 3. The number of carbonyl (C=O) groups is 1. The lowest BCUT2D eigenvalue weighted by atomic mass is 9.98. The van der Waals surface area contributed by atoms with Crippen LogP contribution >= 0.6 is 0 Å². The van der Waals surface area contributed by atoms with Crippen LogP contribution in [0.1, 0.15) is 22.7 Å². The van der Waals surface area contributed by atoms with Crippen LogP contribution in [-0.2, 0) is 17.6 Å². The molecule has 0 unspecified atom stereocenters. The van der Waals surface area contributed by atoms with Gasteiger partial charge in [-0.1, -0.05) is 42.5 Å². The number of nitrogens with one attached hydrogen (secondary N) is 1. The Hall–Kier alpha value is -3.47. The summed E-state index contributed by atoms with van der Waals surface area (Å²) < 4.78 is 16.4. The Morgan fingerprint density at radius 3 is 2.23 bits per heavy atom. The summed E-state index contributed by atoms with van der Waals surface area (Å²) in [4.78, 5) is 13.0. The van der Waals surface area contributed by atoms with Crippen molar-refractivity contribution in [2.45, 2.75) is 25.0 Å². The van der Waals surface area contributed by atoms with E-state index in [2.05, 4.69) is 5.32 Å². The molecule has 1 aliphatic heterocycles. The van der Waals surface area contributed by atoms with Crippen molar-refractivity contribution in [3.63, 3.8) is 0 Å². The van der Waals surface area contributed by atoms with Crippen LogP contribution in [-0.4, -0.2) is 26.2 Å². The second-order valence-electron chi connectivity index (χ2n) is 7.30. The molecule has 4 rings (SSSR count). The van der Waals surface area contributed by atoms with Gasteiger partial charge in [-0.3, -0.25) is 4.79 Å². The van der Waals surface area contributed by atoms with Crippen molar-refractivity contribution < 1.29 is 19.0 Å². The predicted molar refractivity (Wildman–Crippen MR) is 115 cm³/mol. The van der Waals surface area contributed by atoms with E-state index >= 15 is 0 Å². The SMILES string of the molecule is COc1ccc(C[C@@H](NC(=O)[C@H]2Cc3ccccc3O2)c2ccc(OC)cc2)cc1. The van der Waals surface area contributed by atoms with Crippen molar-refractivity contribution in [3.8, 4) is 17.2 Å². The predicted octanol–water partition coefficient (Wildman–Crippen LogP) is 4.11. The highest BCUT2D eigenvalue weighted by Gasteiger charge is 2.30. The fourth-order valence-corrected chi connectivity index (χ4v) is 3.68. The van der Waals surface area contributed by atoms with Crippen molar-refractivity contribution in [2.24, 2.45) is 0 Å². The fraction of sp³-hybridized carbons (Fsp3) is 0.240. The molecule has 3 aromatic rings. The zero-order chi connectivity index (χ0) is 20.9. The minimum absolute atomic E-state index is 0.111. The molecule has 30 heavy (non-hydrogen) atoms. The number of rotatable bonds is 7. The lowest BCUT2D eigenvalue weighted by Crippen LogP contribution is -2.40. The van der Waals surface area contributed by atoms with Crippen LogP contribution in [0.4, 0.5) is 0 Å². The highest BCUT2D eigenvalue weighted by molar-refractivity contribution is 5.83. The van der Waals surface area contributed by atoms with Crippen LogP contribution in [0, 0.1) is 0 Å². The molecule has 0 radical (unpaired) electrons. The Balaban J connectivity index is 1.52. The molecule has 0 saturated carbocycles. The van der Waals surface area contributed by atoms with Crippen LogP contribution < -0.4 is 19.5 Å². The summed E-state index contributed by atoms with van der Waals surface area (Å²) in [6.45, 7) is 0. The quantitative estimate of drug-likeness (QED) is 0.645. The highest BCUT2D eigenvalue weighted by Crippen LogP contribution is 2.29. The van der Waals surface area contributed by atoms with E-state index in [-0.39, 0.29) is 11.9 Å². The molecule has 5 nitrogen and oxygen atoms in total. The summed E-state index contributed by atoms with van der Waals surface area (Å²) in [6, 6.07) is 23.3. The van der Waals surface area contributed by atoms with Gasteiger partial charge in [-0.2, -0.15) is 0 Å². The second kappa shape index (κ2) is 8.91. The summed E-state index contributed by atoms with van der Waals surface area (Å²) in [5.41, 5.74) is 3.18. The van der Waals surface area contributed by atoms with E-state index in [4.69, 9.17) is 14.2 Å². The smallest absolute Gasteiger partial charge is 0.261 e. The van der Waals surface area contributed by atoms with Gasteiger partial charge in [-0.15, -0.1) is 0 Å². The van der Waals surface area contributed by atoms with Crippen molar-refractivity contribution >= 4 is 5.91 Å². The standard InChI is InChI=1S/C25H25NO4/c1-28-20-11-7-17(8-12-20)15-22(18-9-13-21(29-2)14-10-18)26-25(27)24-16-19-5-3-4-6-23(19)30-24/h3-14,22,24H,15-16H2,1-2H3,(H,26,27)/t22-,24-/m1/s1. The first kappa shape index (κ1) is 19.8. The van der Waals surface area contributed by atoms with Gasteiger partial charge in [0.2, 0.25) is 0 Å². The van der Waals surface area contributed by atoms with E-state index in [0.717, 1.165) is 33.9 Å². The molecule has 1 heterocycles. The summed E-state index contributed by atoms with van der Waals surface area (Å²) in [6.07, 6.45) is 0.723. The maximum Gasteiger partial charge on any atom is 0.261 e. The first-order valence-corrected chi connectivity index (χ1v) is 9.98. The Kier molecular flexibility index (Phi) is 5.89. The van der Waals surface area contributed by atoms with Gasteiger partial charge in [0.15, 0.2) is 6.10 Å². The topological polar surface area (TPSA) is 56.8 Å². The molecule has 0 spiro atoms. The van der Waals surface area contributed by atoms with Crippen molar-refractivity contribution in [2.75, 3.05) is 14.2 Å². The Bertz CT molecular complexity index is 973. The number of hydrogen-bond acceptors (Lipinski definition) is 4. The van der Waals surface area contributed by atoms with Crippen molar-refractivity contribution in [1.29, 1.82) is 0 Å². The van der Waals surface area contributed by atoms with Crippen LogP contribution in [0.3, 0.4) is 0 Å². The average molecular weight is 403 g/mol. The molecule has 5 heteroatoms. The van der Waals surface area contributed by atoms with Crippen molar-refractivity contribution in [1.82, 2.24) is 5.32 Å². The van der Waals surface area contributed by atoms with Crippen LogP contribution in [0.2, 0.25) is 0 Å². The third kappa shape index (κ3) is 4.40. The molecule has 1 aliphatic rings. The van der Waals surface area contributed by atoms with E-state index < -0.39 is 6.10 Å². The lowest BCUT2D eigenvalue weighted by molar-refractivity contribution is -0.128. The zero-order valence-corrected chi connectivity index (χ0v) is 17.1. The maximum atomic E-state index is 13.0. The van der Waals surface area contributed by atoms with E-state index in [1.54, 1.807) is 14.2 Å². The van der Waals surface area contributed by atoms with E-state index in [0.29, 0.717) is 12.8 Å². The van der Waals surface area contributed by atoms with Gasteiger partial charge in [-0.05, 0) is 53.4 Å². The molecule has 0 bridgehead atoms. The Labute approximate surface area is 176 Å². The minimum Gasteiger partial charge on any atom is -0.497 e. The zero-order valence-electron chi connectivity index (χ0n) is 17.1. The van der Waals surface area contributed by atoms with Crippen molar-refractivity contribution in [3.05, 3.63) is 89.5 Å². The number of benzene rings is 3. The third-order valence-corrected chi connectivity index (χ3v) is 5.37. The number of fused-ring (bicyclic) bond motifs is 1. The lowest BCUT2D eigenvalue weighted by Gasteiger charge is -2.22. The Morgan fingerprint density at radius 1 is 0.967 bits per heavy atom. The highest BCUT2D eigenvalue weighted by atomic mass is 16.5. The fourth-order valence-electron chi connectivity index (χ4n) is 3.68. The van der Waals surface area contributed by atoms with E-state index in [9.17, 15) is 4.79 Å². The molecule has 2 atom stereocenters. The van der Waals surface area contributed by atoms with Crippen LogP contribution in [0.15, 0.2) is 72.8 Å². The maximum absolute atomic E-state index is 13.0. The molecule has 1 amide bonds. The molecular formula is C25H25NO4. The normalized spacial score (nSPS) is 15.6. The van der Waals surface area contributed by atoms with E-state index in [1.807, 2.05) is 72.8 Å². The summed E-state index contributed by atoms with van der Waals surface area (Å²) in [5, 5.41) is 3.19. The number of hydrogen-bond donors (Lipinski definition) is 1. The van der Waals surface area contributed by atoms with Gasteiger partial charge in [0.1, 0.15) is 17.2 Å². The second-order valence-corrected chi connectivity index (χ2v) is 7.30. The minimum atomic E-state index is -0.515. The van der Waals surface area contributed by atoms with E-state index in [1.165, 1.54) is 0 Å². The first-order valence-electron chi connectivity index (χ1n) is 9.98. The number of para-hydroxylation sites is 1. The molecule has 1 N–H and O–H groups in total. The van der Waals surface area contributed by atoms with Gasteiger partial charge < -0.3 is 19.5 Å². The van der Waals surface area contributed by atoms with Gasteiger partial charge in [0.25, 0.3) is 5.91 Å². The van der Waals surface area contributed by atoms with Gasteiger partial charge in [-0.25, -0.2) is 0 Å². The molecular weight excluding hydrogens is 378 g/mol. The third-order valence-electron chi connectivity index (χ3n) is 5.37. The molecule has 3 aromatic carbocycles. The number of methoxy groups -OCH3 is 2. The molecule has 0 aliphatic carbocycles. The monoisotopic (exact) mass is 403 g/mol. The summed E-state index contributed by atoms with van der Waals surface area (Å²) in [7, 11) is 3.29. The molecule has 154 valence electrons. The number of carbonyl (C=O) groups excluding carboxylic acids is 1. The van der Waals surface area contributed by atoms with Gasteiger partial charge in [0.05, 0.1) is 20.3 Å². The molecule has 0 aromatic heterocycles. The number of amides is 1. The average Bonchev–Trinajstić information content (AvgIpc) is 3.24. The van der Waals surface area contributed by atoms with Crippen LogP contribution in [0.5, 0.6) is 17.2 Å². The Morgan fingerprint density at radius 2 is 1.60 bits per heavy atom. The molecule has 0 fully saturated rings.